The molecular formula is C11H18N2O. The second-order valence-electron chi connectivity index (χ2n) is 4.90. The van der Waals surface area contributed by atoms with Gasteiger partial charge in [-0.3, -0.25) is 4.79 Å². The topological polar surface area (TPSA) is 32.3 Å². The smallest absolute Gasteiger partial charge is 0.240 e. The van der Waals surface area contributed by atoms with E-state index in [1.165, 1.54) is 32.1 Å². The number of carbonyl (C=O) groups is 1. The summed E-state index contributed by atoms with van der Waals surface area (Å²) in [4.78, 5) is 14.0. The molecule has 78 valence electrons. The average Bonchev–Trinajstić information content (AvgIpc) is 2.86. The number of rotatable bonds is 3. The number of hydrogen-bond donors (Lipinski definition) is 1. The number of amides is 1. The van der Waals surface area contributed by atoms with Crippen LogP contribution in [-0.4, -0.2) is 35.5 Å². The van der Waals surface area contributed by atoms with Crippen molar-refractivity contribution >= 4 is 5.91 Å². The Kier molecular flexibility index (Phi) is 2.01. The maximum absolute atomic E-state index is 11.9. The standard InChI is InChI=1S/C11H18N2O/c14-11-10(12-8-2-1-3-8)6-7-13(11)9-4-5-9/h8-10,12H,1-7H2. The molecule has 14 heavy (non-hydrogen) atoms. The molecule has 3 aliphatic rings. The predicted molar refractivity (Wildman–Crippen MR) is 53.9 cm³/mol. The van der Waals surface area contributed by atoms with Gasteiger partial charge in [0.2, 0.25) is 5.91 Å². The predicted octanol–water partition coefficient (Wildman–Crippen LogP) is 0.892. The molecular weight excluding hydrogens is 176 g/mol. The summed E-state index contributed by atoms with van der Waals surface area (Å²) < 4.78 is 0. The molecule has 3 fully saturated rings. The Hall–Kier alpha value is -0.570. The highest BCUT2D eigenvalue weighted by Crippen LogP contribution is 2.31. The van der Waals surface area contributed by atoms with Gasteiger partial charge in [0.15, 0.2) is 0 Å². The lowest BCUT2D eigenvalue weighted by molar-refractivity contribution is -0.130. The van der Waals surface area contributed by atoms with E-state index in [9.17, 15) is 4.79 Å². The van der Waals surface area contributed by atoms with Crippen LogP contribution < -0.4 is 5.32 Å². The molecule has 0 aromatic rings. The fourth-order valence-electron chi connectivity index (χ4n) is 2.46. The number of hydrogen-bond acceptors (Lipinski definition) is 2. The first-order chi connectivity index (χ1) is 6.84. The van der Waals surface area contributed by atoms with Crippen LogP contribution in [0.1, 0.15) is 38.5 Å². The van der Waals surface area contributed by atoms with E-state index < -0.39 is 0 Å². The molecule has 0 aromatic carbocycles. The van der Waals surface area contributed by atoms with Crippen LogP contribution in [0.4, 0.5) is 0 Å². The van der Waals surface area contributed by atoms with Gasteiger partial charge in [-0.05, 0) is 32.1 Å². The van der Waals surface area contributed by atoms with E-state index >= 15 is 0 Å². The third-order valence-electron chi connectivity index (χ3n) is 3.77. The second kappa shape index (κ2) is 3.23. The molecule has 1 amide bonds. The van der Waals surface area contributed by atoms with Gasteiger partial charge in [-0.15, -0.1) is 0 Å². The fourth-order valence-corrected chi connectivity index (χ4v) is 2.46. The van der Waals surface area contributed by atoms with Crippen molar-refractivity contribution in [3.8, 4) is 0 Å². The van der Waals surface area contributed by atoms with E-state index in [1.54, 1.807) is 0 Å². The maximum atomic E-state index is 11.9. The summed E-state index contributed by atoms with van der Waals surface area (Å²) in [5.74, 6) is 0.374. The largest absolute Gasteiger partial charge is 0.338 e. The van der Waals surface area contributed by atoms with Gasteiger partial charge in [0.05, 0.1) is 6.04 Å². The van der Waals surface area contributed by atoms with Crippen LogP contribution in [0.15, 0.2) is 0 Å². The molecule has 1 unspecified atom stereocenters. The Morgan fingerprint density at radius 2 is 1.93 bits per heavy atom. The van der Waals surface area contributed by atoms with Crippen LogP contribution in [0.3, 0.4) is 0 Å². The fraction of sp³-hybridized carbons (Fsp3) is 0.909. The summed E-state index contributed by atoms with van der Waals surface area (Å²) in [6, 6.07) is 1.40. The van der Waals surface area contributed by atoms with Crippen LogP contribution in [-0.2, 0) is 4.79 Å². The highest BCUT2D eigenvalue weighted by Gasteiger charge is 2.41. The van der Waals surface area contributed by atoms with Crippen LogP contribution in [0.2, 0.25) is 0 Å². The third kappa shape index (κ3) is 1.44. The lowest BCUT2D eigenvalue weighted by Gasteiger charge is -2.29. The van der Waals surface area contributed by atoms with Gasteiger partial charge in [-0.25, -0.2) is 0 Å². The Morgan fingerprint density at radius 1 is 1.14 bits per heavy atom. The Labute approximate surface area is 84.8 Å². The highest BCUT2D eigenvalue weighted by atomic mass is 16.2. The SMILES string of the molecule is O=C1C(NC2CCC2)CCN1C1CC1. The van der Waals surface area contributed by atoms with E-state index in [-0.39, 0.29) is 6.04 Å². The minimum Gasteiger partial charge on any atom is -0.338 e. The number of nitrogens with zero attached hydrogens (tertiary/aromatic N) is 1. The lowest BCUT2D eigenvalue weighted by atomic mass is 9.92. The van der Waals surface area contributed by atoms with Crippen LogP contribution in [0, 0.1) is 0 Å². The van der Waals surface area contributed by atoms with Crippen molar-refractivity contribution in [3.63, 3.8) is 0 Å². The maximum Gasteiger partial charge on any atom is 0.240 e. The van der Waals surface area contributed by atoms with E-state index in [0.717, 1.165) is 13.0 Å². The van der Waals surface area contributed by atoms with Gasteiger partial charge >= 0.3 is 0 Å². The molecule has 3 nitrogen and oxygen atoms in total. The normalized spacial score (nSPS) is 33.6. The van der Waals surface area contributed by atoms with Crippen molar-refractivity contribution in [3.05, 3.63) is 0 Å². The number of carbonyl (C=O) groups excluding carboxylic acids is 1. The summed E-state index contributed by atoms with van der Waals surface area (Å²) in [5.41, 5.74) is 0. The first-order valence-corrected chi connectivity index (χ1v) is 5.91. The summed E-state index contributed by atoms with van der Waals surface area (Å²) in [7, 11) is 0. The Bertz CT molecular complexity index is 246. The first kappa shape index (κ1) is 8.72. The lowest BCUT2D eigenvalue weighted by Crippen LogP contribution is -2.46. The molecule has 0 bridgehead atoms. The van der Waals surface area contributed by atoms with E-state index in [2.05, 4.69) is 10.2 Å². The minimum atomic E-state index is 0.154. The number of nitrogens with one attached hydrogen (secondary N) is 1. The van der Waals surface area contributed by atoms with Gasteiger partial charge in [-0.1, -0.05) is 6.42 Å². The van der Waals surface area contributed by atoms with Crippen LogP contribution in [0.25, 0.3) is 0 Å². The molecule has 0 aromatic heterocycles. The molecule has 1 saturated heterocycles. The van der Waals surface area contributed by atoms with Crippen LogP contribution >= 0.6 is 0 Å². The van der Waals surface area contributed by atoms with E-state index in [4.69, 9.17) is 0 Å². The quantitative estimate of drug-likeness (QED) is 0.723. The zero-order valence-electron chi connectivity index (χ0n) is 8.54. The van der Waals surface area contributed by atoms with E-state index in [0.29, 0.717) is 18.0 Å². The van der Waals surface area contributed by atoms with E-state index in [1.807, 2.05) is 0 Å². The van der Waals surface area contributed by atoms with Gasteiger partial charge in [0.25, 0.3) is 0 Å². The highest BCUT2D eigenvalue weighted by molar-refractivity contribution is 5.84. The summed E-state index contributed by atoms with van der Waals surface area (Å²) >= 11 is 0. The molecule has 1 atom stereocenters. The minimum absolute atomic E-state index is 0.154. The molecule has 3 heteroatoms. The first-order valence-electron chi connectivity index (χ1n) is 5.91. The molecule has 1 heterocycles. The van der Waals surface area contributed by atoms with Gasteiger partial charge in [0, 0.05) is 18.6 Å². The average molecular weight is 194 g/mol. The zero-order valence-corrected chi connectivity index (χ0v) is 8.54. The van der Waals surface area contributed by atoms with Crippen molar-refractivity contribution < 1.29 is 4.79 Å². The molecule has 1 N–H and O–H groups in total. The molecule has 0 spiro atoms. The molecule has 2 saturated carbocycles. The van der Waals surface area contributed by atoms with Crippen molar-refractivity contribution in [1.82, 2.24) is 10.2 Å². The zero-order chi connectivity index (χ0) is 9.54. The van der Waals surface area contributed by atoms with Crippen LogP contribution in [0.5, 0.6) is 0 Å². The van der Waals surface area contributed by atoms with Gasteiger partial charge in [0.1, 0.15) is 0 Å². The molecule has 2 aliphatic carbocycles. The monoisotopic (exact) mass is 194 g/mol. The Balaban J connectivity index is 1.56. The van der Waals surface area contributed by atoms with Crippen molar-refractivity contribution in [2.24, 2.45) is 0 Å². The second-order valence-corrected chi connectivity index (χ2v) is 4.90. The molecule has 0 radical (unpaired) electrons. The van der Waals surface area contributed by atoms with Crippen molar-refractivity contribution in [1.29, 1.82) is 0 Å². The molecule has 1 aliphatic heterocycles. The third-order valence-corrected chi connectivity index (χ3v) is 3.77. The summed E-state index contributed by atoms with van der Waals surface area (Å²) in [6.07, 6.45) is 7.39. The van der Waals surface area contributed by atoms with Gasteiger partial charge < -0.3 is 10.2 Å². The summed E-state index contributed by atoms with van der Waals surface area (Å²) in [5, 5.41) is 3.49. The summed E-state index contributed by atoms with van der Waals surface area (Å²) in [6.45, 7) is 0.994. The Morgan fingerprint density at radius 3 is 2.50 bits per heavy atom. The van der Waals surface area contributed by atoms with Gasteiger partial charge in [-0.2, -0.15) is 0 Å². The van der Waals surface area contributed by atoms with Crippen molar-refractivity contribution in [2.45, 2.75) is 56.7 Å². The number of likely N-dealkylation sites (tertiary alicyclic amines) is 1. The van der Waals surface area contributed by atoms with Crippen molar-refractivity contribution in [2.75, 3.05) is 6.54 Å². The molecule has 3 rings (SSSR count).